The zero-order chi connectivity index (χ0) is 20.9. The van der Waals surface area contributed by atoms with Gasteiger partial charge in [-0.3, -0.25) is 14.4 Å². The molecule has 0 aliphatic rings. The van der Waals surface area contributed by atoms with Crippen LogP contribution in [0.1, 0.15) is 84.0 Å². The van der Waals surface area contributed by atoms with Crippen LogP contribution >= 0.6 is 0 Å². The maximum atomic E-state index is 12.4. The number of aliphatic hydroxyl groups is 1. The van der Waals surface area contributed by atoms with Crippen LogP contribution in [0.25, 0.3) is 0 Å². The monoisotopic (exact) mass is 386 g/mol. The number of carboxylic acid groups (broad SMARTS) is 1. The number of rotatable bonds is 17. The van der Waals surface area contributed by atoms with Crippen molar-refractivity contribution in [3.05, 3.63) is 0 Å². The molecule has 0 bridgehead atoms. The Morgan fingerprint density at radius 1 is 0.852 bits per heavy atom. The first-order chi connectivity index (χ1) is 12.5. The number of nitrogens with zero attached hydrogens (tertiary/aromatic N) is 1. The number of aliphatic carboxylic acids is 1. The Bertz CT molecular complexity index is 470. The lowest BCUT2D eigenvalue weighted by molar-refractivity contribution is -0.875. The molecule has 0 fully saturated rings. The van der Waals surface area contributed by atoms with Gasteiger partial charge in [0.15, 0.2) is 11.4 Å². The number of likely N-dealkylation sites (N-methyl/N-ethyl adjacent to an activating group) is 1. The van der Waals surface area contributed by atoms with E-state index in [1.165, 1.54) is 38.5 Å². The third kappa shape index (κ3) is 13.5. The summed E-state index contributed by atoms with van der Waals surface area (Å²) in [5.74, 6) is -2.14. The third-order valence-corrected chi connectivity index (χ3v) is 4.62. The van der Waals surface area contributed by atoms with Gasteiger partial charge in [0.2, 0.25) is 0 Å². The Morgan fingerprint density at radius 2 is 1.33 bits per heavy atom. The molecule has 0 rings (SSSR count). The molecule has 0 saturated carbocycles. The van der Waals surface area contributed by atoms with Crippen LogP contribution in [0, 0.1) is 0 Å². The van der Waals surface area contributed by atoms with E-state index < -0.39 is 23.8 Å². The van der Waals surface area contributed by atoms with Crippen molar-refractivity contribution in [2.75, 3.05) is 27.7 Å². The first kappa shape index (κ1) is 25.7. The van der Waals surface area contributed by atoms with Crippen LogP contribution in [0.15, 0.2) is 0 Å². The number of carbonyl (C=O) groups excluding carboxylic acids is 2. The van der Waals surface area contributed by atoms with Gasteiger partial charge in [-0.15, -0.1) is 0 Å². The number of unbranched alkanes of at least 4 members (excludes halogenated alkanes) is 8. The molecule has 0 amide bonds. The Kier molecular flexibility index (Phi) is 12.4. The molecular weight excluding hydrogens is 346 g/mol. The molecular formula is C21H40NO5+. The number of hydrogen-bond donors (Lipinski definition) is 2. The van der Waals surface area contributed by atoms with Crippen LogP contribution < -0.4 is 0 Å². The average Bonchev–Trinajstić information content (AvgIpc) is 2.50. The fourth-order valence-corrected chi connectivity index (χ4v) is 3.34. The van der Waals surface area contributed by atoms with E-state index in [1.54, 1.807) is 21.1 Å². The quantitative estimate of drug-likeness (QED) is 0.227. The van der Waals surface area contributed by atoms with Crippen molar-refractivity contribution in [1.29, 1.82) is 0 Å². The van der Waals surface area contributed by atoms with Crippen LogP contribution in [-0.2, 0) is 14.4 Å². The third-order valence-electron chi connectivity index (χ3n) is 4.62. The lowest BCUT2D eigenvalue weighted by Crippen LogP contribution is -2.55. The fourth-order valence-electron chi connectivity index (χ4n) is 3.34. The highest BCUT2D eigenvalue weighted by Crippen LogP contribution is 2.19. The summed E-state index contributed by atoms with van der Waals surface area (Å²) in [6, 6.07) is 0. The van der Waals surface area contributed by atoms with E-state index >= 15 is 0 Å². The summed E-state index contributed by atoms with van der Waals surface area (Å²) < 4.78 is 0.238. The van der Waals surface area contributed by atoms with Crippen molar-refractivity contribution in [3.8, 4) is 0 Å². The minimum absolute atomic E-state index is 0.0382. The minimum Gasteiger partial charge on any atom is -0.481 e. The number of carbonyl (C=O) groups is 3. The molecule has 0 aliphatic carbocycles. The van der Waals surface area contributed by atoms with Crippen LogP contribution in [-0.4, -0.2) is 65.5 Å². The number of carboxylic acids is 1. The smallest absolute Gasteiger partial charge is 0.306 e. The molecule has 1 unspecified atom stereocenters. The minimum atomic E-state index is -2.00. The summed E-state index contributed by atoms with van der Waals surface area (Å²) in [5.41, 5.74) is -2.00. The lowest BCUT2D eigenvalue weighted by Gasteiger charge is -2.33. The Morgan fingerprint density at radius 3 is 1.78 bits per heavy atom. The van der Waals surface area contributed by atoms with Crippen molar-refractivity contribution in [2.45, 2.75) is 89.6 Å². The van der Waals surface area contributed by atoms with Gasteiger partial charge in [0, 0.05) is 6.42 Å². The molecule has 6 heteroatoms. The highest BCUT2D eigenvalue weighted by Gasteiger charge is 2.43. The van der Waals surface area contributed by atoms with Crippen molar-refractivity contribution in [2.24, 2.45) is 0 Å². The summed E-state index contributed by atoms with van der Waals surface area (Å²) in [6.45, 7) is 2.16. The number of ketones is 2. The van der Waals surface area contributed by atoms with E-state index in [9.17, 15) is 19.5 Å². The van der Waals surface area contributed by atoms with Crippen LogP contribution in [0.2, 0.25) is 0 Å². The lowest BCUT2D eigenvalue weighted by atomic mass is 9.89. The second-order valence-electron chi connectivity index (χ2n) is 8.77. The first-order valence-corrected chi connectivity index (χ1v) is 10.3. The van der Waals surface area contributed by atoms with Crippen LogP contribution in [0.5, 0.6) is 0 Å². The molecule has 1 atom stereocenters. The van der Waals surface area contributed by atoms with Gasteiger partial charge in [-0.05, 0) is 6.42 Å². The molecule has 0 radical (unpaired) electrons. The Hall–Kier alpha value is -1.27. The van der Waals surface area contributed by atoms with E-state index in [1.807, 2.05) is 0 Å². The summed E-state index contributed by atoms with van der Waals surface area (Å²) in [4.78, 5) is 35.5. The molecule has 6 nitrogen and oxygen atoms in total. The predicted octanol–water partition coefficient (Wildman–Crippen LogP) is 3.35. The van der Waals surface area contributed by atoms with Gasteiger partial charge in [-0.25, -0.2) is 0 Å². The molecule has 0 aromatic rings. The maximum Gasteiger partial charge on any atom is 0.306 e. The number of quaternary nitrogens is 1. The van der Waals surface area contributed by atoms with Crippen molar-refractivity contribution in [3.63, 3.8) is 0 Å². The molecule has 0 heterocycles. The highest BCUT2D eigenvalue weighted by molar-refractivity contribution is 6.04. The number of hydrogen-bond acceptors (Lipinski definition) is 4. The Balaban J connectivity index is 4.22. The van der Waals surface area contributed by atoms with Gasteiger partial charge in [-0.2, -0.15) is 0 Å². The summed E-state index contributed by atoms with van der Waals surface area (Å²) >= 11 is 0. The van der Waals surface area contributed by atoms with Crippen LogP contribution in [0.3, 0.4) is 0 Å². The summed E-state index contributed by atoms with van der Waals surface area (Å²) in [5, 5.41) is 19.6. The molecule has 0 aromatic heterocycles. The van der Waals surface area contributed by atoms with Crippen molar-refractivity contribution < 1.29 is 29.1 Å². The van der Waals surface area contributed by atoms with E-state index in [4.69, 9.17) is 5.11 Å². The number of Topliss-reactive ketones (excluding diaryl/α,β-unsaturated/α-hetero) is 2. The average molecular weight is 387 g/mol. The Labute approximate surface area is 164 Å². The SMILES string of the molecule is CCCCCCCCCCCC(=O)CC(=O)C(O)(CC(=O)O)C[N+](C)(C)C. The van der Waals surface area contributed by atoms with Gasteiger partial charge in [0.1, 0.15) is 12.3 Å². The standard InChI is InChI=1S/C21H39NO5/c1-5-6-7-8-9-10-11-12-13-14-18(23)15-19(24)21(27,16-20(25)26)17-22(2,3)4/h27H,5-17H2,1-4H3/p+1. The zero-order valence-corrected chi connectivity index (χ0v) is 17.8. The van der Waals surface area contributed by atoms with E-state index in [0.29, 0.717) is 6.42 Å². The van der Waals surface area contributed by atoms with Crippen LogP contribution in [0.4, 0.5) is 0 Å². The maximum absolute atomic E-state index is 12.4. The van der Waals surface area contributed by atoms with E-state index in [0.717, 1.165) is 19.3 Å². The predicted molar refractivity (Wildman–Crippen MR) is 107 cm³/mol. The molecule has 158 valence electrons. The second-order valence-corrected chi connectivity index (χ2v) is 8.77. The zero-order valence-electron chi connectivity index (χ0n) is 17.8. The topological polar surface area (TPSA) is 91.7 Å². The second kappa shape index (κ2) is 13.0. The van der Waals surface area contributed by atoms with Gasteiger partial charge in [0.25, 0.3) is 0 Å². The fraction of sp³-hybridized carbons (Fsp3) is 0.857. The summed E-state index contributed by atoms with van der Waals surface area (Å²) in [7, 11) is 5.30. The highest BCUT2D eigenvalue weighted by atomic mass is 16.4. The molecule has 2 N–H and O–H groups in total. The van der Waals surface area contributed by atoms with Gasteiger partial charge < -0.3 is 14.7 Å². The van der Waals surface area contributed by atoms with E-state index in [-0.39, 0.29) is 23.2 Å². The van der Waals surface area contributed by atoms with Crippen molar-refractivity contribution in [1.82, 2.24) is 0 Å². The largest absolute Gasteiger partial charge is 0.481 e. The van der Waals surface area contributed by atoms with E-state index in [2.05, 4.69) is 6.92 Å². The molecule has 0 spiro atoms. The molecule has 0 aromatic carbocycles. The van der Waals surface area contributed by atoms with Gasteiger partial charge >= 0.3 is 5.97 Å². The molecule has 0 saturated heterocycles. The first-order valence-electron chi connectivity index (χ1n) is 10.3. The normalized spacial score (nSPS) is 14.0. The molecule has 0 aliphatic heterocycles. The van der Waals surface area contributed by atoms with Gasteiger partial charge in [-0.1, -0.05) is 58.3 Å². The van der Waals surface area contributed by atoms with Crippen molar-refractivity contribution >= 4 is 17.5 Å². The van der Waals surface area contributed by atoms with Gasteiger partial charge in [0.05, 0.1) is 34.0 Å². The molecule has 27 heavy (non-hydrogen) atoms. The summed E-state index contributed by atoms with van der Waals surface area (Å²) in [6.07, 6.45) is 9.58.